The fourth-order valence-corrected chi connectivity index (χ4v) is 3.87. The van der Waals surface area contributed by atoms with E-state index in [0.29, 0.717) is 5.56 Å². The van der Waals surface area contributed by atoms with E-state index >= 15 is 0 Å². The third kappa shape index (κ3) is 3.86. The molecule has 2 aromatic carbocycles. The Morgan fingerprint density at radius 3 is 2.41 bits per heavy atom. The molecule has 148 valence electrons. The van der Waals surface area contributed by atoms with Crippen LogP contribution in [0.15, 0.2) is 59.8 Å². The van der Waals surface area contributed by atoms with Crippen LogP contribution in [0.3, 0.4) is 0 Å². The molecule has 0 amide bonds. The van der Waals surface area contributed by atoms with Gasteiger partial charge in [-0.3, -0.25) is 0 Å². The van der Waals surface area contributed by atoms with Gasteiger partial charge in [-0.25, -0.2) is 9.48 Å². The first kappa shape index (κ1) is 19.1. The molecule has 5 nitrogen and oxygen atoms in total. The van der Waals surface area contributed by atoms with Gasteiger partial charge in [0.25, 0.3) is 0 Å². The Balaban J connectivity index is 1.71. The Kier molecular flexibility index (Phi) is 4.82. The number of aryl methyl sites for hydroxylation is 2. The van der Waals surface area contributed by atoms with Crippen molar-refractivity contribution in [2.75, 3.05) is 0 Å². The molecule has 0 saturated heterocycles. The Bertz CT molecular complexity index is 1080. The highest BCUT2D eigenvalue weighted by molar-refractivity contribution is 6.04. The van der Waals surface area contributed by atoms with E-state index in [2.05, 4.69) is 19.0 Å². The Morgan fingerprint density at radius 2 is 1.72 bits per heavy atom. The van der Waals surface area contributed by atoms with E-state index in [1.807, 2.05) is 61.0 Å². The number of fused-ring (bicyclic) bond motifs is 1. The molecule has 0 atom stereocenters. The maximum absolute atomic E-state index is 12.4. The monoisotopic (exact) mass is 387 g/mol. The van der Waals surface area contributed by atoms with E-state index in [-0.39, 0.29) is 5.41 Å². The number of aromatic nitrogens is 2. The maximum atomic E-state index is 12.4. The summed E-state index contributed by atoms with van der Waals surface area (Å²) in [4.78, 5) is 17.8. The van der Waals surface area contributed by atoms with E-state index in [0.717, 1.165) is 46.8 Å². The van der Waals surface area contributed by atoms with Crippen LogP contribution in [-0.2, 0) is 11.3 Å². The number of benzene rings is 2. The number of para-hydroxylation sites is 1. The van der Waals surface area contributed by atoms with Gasteiger partial charge in [-0.1, -0.05) is 54.9 Å². The molecular weight excluding hydrogens is 362 g/mol. The van der Waals surface area contributed by atoms with Crippen molar-refractivity contribution in [2.24, 2.45) is 10.6 Å². The summed E-state index contributed by atoms with van der Waals surface area (Å²) in [6.07, 6.45) is 1.60. The molecule has 1 heterocycles. The quantitative estimate of drug-likeness (QED) is 0.468. The minimum absolute atomic E-state index is 0.0128. The molecule has 0 bridgehead atoms. The van der Waals surface area contributed by atoms with Crippen molar-refractivity contribution in [1.82, 2.24) is 9.78 Å². The van der Waals surface area contributed by atoms with Gasteiger partial charge in [0.1, 0.15) is 0 Å². The highest BCUT2D eigenvalue weighted by atomic mass is 16.7. The number of carbonyl (C=O) groups is 1. The summed E-state index contributed by atoms with van der Waals surface area (Å²) in [5.74, 6) is -0.449. The molecule has 0 spiro atoms. The molecule has 5 heteroatoms. The van der Waals surface area contributed by atoms with Crippen molar-refractivity contribution >= 4 is 11.7 Å². The lowest BCUT2D eigenvalue weighted by Crippen LogP contribution is -2.29. The lowest BCUT2D eigenvalue weighted by atomic mass is 9.75. The minimum atomic E-state index is -0.449. The molecule has 0 aliphatic heterocycles. The molecule has 1 aliphatic rings. The second-order valence-electron chi connectivity index (χ2n) is 8.45. The van der Waals surface area contributed by atoms with Crippen LogP contribution in [0.1, 0.15) is 53.1 Å². The summed E-state index contributed by atoms with van der Waals surface area (Å²) in [7, 11) is 0. The minimum Gasteiger partial charge on any atom is -0.313 e. The maximum Gasteiger partial charge on any atom is 0.365 e. The first-order valence-corrected chi connectivity index (χ1v) is 9.83. The molecule has 0 N–H and O–H groups in total. The van der Waals surface area contributed by atoms with Gasteiger partial charge in [0, 0.05) is 5.56 Å². The van der Waals surface area contributed by atoms with Gasteiger partial charge in [0.2, 0.25) is 0 Å². The highest BCUT2D eigenvalue weighted by Crippen LogP contribution is 2.37. The van der Waals surface area contributed by atoms with Crippen molar-refractivity contribution in [1.29, 1.82) is 0 Å². The first-order chi connectivity index (χ1) is 13.8. The van der Waals surface area contributed by atoms with Crippen molar-refractivity contribution in [2.45, 2.75) is 40.5 Å². The van der Waals surface area contributed by atoms with Gasteiger partial charge in [-0.2, -0.15) is 5.10 Å². The number of nitrogens with zero attached hydrogens (tertiary/aromatic N) is 3. The van der Waals surface area contributed by atoms with Crippen LogP contribution < -0.4 is 0 Å². The zero-order chi connectivity index (χ0) is 20.6. The smallest absolute Gasteiger partial charge is 0.313 e. The van der Waals surface area contributed by atoms with Gasteiger partial charge >= 0.3 is 5.97 Å². The average Bonchev–Trinajstić information content (AvgIpc) is 3.02. The molecule has 1 aromatic heterocycles. The normalized spacial score (nSPS) is 16.5. The number of rotatable bonds is 3. The lowest BCUT2D eigenvalue weighted by molar-refractivity contribution is 0.0514. The van der Waals surface area contributed by atoms with Gasteiger partial charge in [0.15, 0.2) is 0 Å². The number of hydrogen-bond acceptors (Lipinski definition) is 4. The van der Waals surface area contributed by atoms with Crippen LogP contribution in [-0.4, -0.2) is 21.5 Å². The number of carbonyl (C=O) groups excluding carboxylic acids is 1. The Labute approximate surface area is 171 Å². The van der Waals surface area contributed by atoms with Gasteiger partial charge in [0.05, 0.1) is 28.4 Å². The summed E-state index contributed by atoms with van der Waals surface area (Å²) in [6, 6.07) is 17.4. The number of hydrogen-bond donors (Lipinski definition) is 0. The summed E-state index contributed by atoms with van der Waals surface area (Å²) >= 11 is 0. The lowest BCUT2D eigenvalue weighted by Gasteiger charge is -2.30. The van der Waals surface area contributed by atoms with Crippen LogP contribution in [0.4, 0.5) is 0 Å². The summed E-state index contributed by atoms with van der Waals surface area (Å²) in [5, 5.41) is 9.07. The van der Waals surface area contributed by atoms with Crippen LogP contribution in [0.2, 0.25) is 0 Å². The third-order valence-electron chi connectivity index (χ3n) is 5.26. The van der Waals surface area contributed by atoms with E-state index in [9.17, 15) is 4.79 Å². The summed E-state index contributed by atoms with van der Waals surface area (Å²) in [6.45, 7) is 8.36. The first-order valence-electron chi connectivity index (χ1n) is 9.83. The van der Waals surface area contributed by atoms with Crippen LogP contribution >= 0.6 is 0 Å². The second kappa shape index (κ2) is 7.32. The molecule has 4 rings (SSSR count). The molecule has 0 fully saturated rings. The predicted octanol–water partition coefficient (Wildman–Crippen LogP) is 5.02. The van der Waals surface area contributed by atoms with Gasteiger partial charge in [-0.15, -0.1) is 0 Å². The highest BCUT2D eigenvalue weighted by Gasteiger charge is 2.35. The molecule has 3 aromatic rings. The van der Waals surface area contributed by atoms with E-state index in [1.54, 1.807) is 12.1 Å². The largest absolute Gasteiger partial charge is 0.365 e. The topological polar surface area (TPSA) is 56.5 Å². The van der Waals surface area contributed by atoms with Crippen LogP contribution in [0, 0.1) is 19.3 Å². The summed E-state index contributed by atoms with van der Waals surface area (Å²) < 4.78 is 1.99. The van der Waals surface area contributed by atoms with E-state index in [1.165, 1.54) is 0 Å². The van der Waals surface area contributed by atoms with Crippen molar-refractivity contribution < 1.29 is 9.63 Å². The molecule has 0 radical (unpaired) electrons. The molecule has 0 unspecified atom stereocenters. The van der Waals surface area contributed by atoms with Crippen molar-refractivity contribution in [3.05, 3.63) is 82.7 Å². The second-order valence-corrected chi connectivity index (χ2v) is 8.45. The van der Waals surface area contributed by atoms with Crippen LogP contribution in [0.25, 0.3) is 5.69 Å². The predicted molar refractivity (Wildman–Crippen MR) is 114 cm³/mol. The van der Waals surface area contributed by atoms with Gasteiger partial charge in [-0.05, 0) is 56.4 Å². The fraction of sp³-hybridized carbons (Fsp3) is 0.292. The SMILES string of the molecule is Cc1ccc(C(=O)O/N=C2\CC(C)(C)Cc3c2c(C)nn3-c2ccccc2)cc1. The summed E-state index contributed by atoms with van der Waals surface area (Å²) in [5.41, 5.74) is 6.36. The zero-order valence-electron chi connectivity index (χ0n) is 17.3. The molecular formula is C24H25N3O2. The molecule has 29 heavy (non-hydrogen) atoms. The Morgan fingerprint density at radius 1 is 1.03 bits per heavy atom. The fourth-order valence-electron chi connectivity index (χ4n) is 3.87. The standard InChI is InChI=1S/C24H25N3O2/c1-16-10-12-18(13-11-16)23(28)29-26-20-14-24(3,4)15-21-22(20)17(2)25-27(21)19-8-6-5-7-9-19/h5-13H,14-15H2,1-4H3/b26-20+. The molecule has 0 saturated carbocycles. The van der Waals surface area contributed by atoms with Crippen LogP contribution in [0.5, 0.6) is 0 Å². The zero-order valence-corrected chi connectivity index (χ0v) is 17.3. The third-order valence-corrected chi connectivity index (χ3v) is 5.26. The Hall–Kier alpha value is -3.21. The van der Waals surface area contributed by atoms with Crippen molar-refractivity contribution in [3.8, 4) is 5.69 Å². The van der Waals surface area contributed by atoms with E-state index < -0.39 is 5.97 Å². The number of oxime groups is 1. The van der Waals surface area contributed by atoms with Gasteiger partial charge < -0.3 is 4.84 Å². The van der Waals surface area contributed by atoms with Crippen molar-refractivity contribution in [3.63, 3.8) is 0 Å². The average molecular weight is 387 g/mol. The van der Waals surface area contributed by atoms with E-state index in [4.69, 9.17) is 9.94 Å². The molecule has 1 aliphatic carbocycles.